The third kappa shape index (κ3) is 3.87. The van der Waals surface area contributed by atoms with Crippen LogP contribution in [0.2, 0.25) is 0 Å². The van der Waals surface area contributed by atoms with Crippen LogP contribution >= 0.6 is 0 Å². The first kappa shape index (κ1) is 26.0. The van der Waals surface area contributed by atoms with Crippen molar-refractivity contribution in [2.45, 2.75) is 0 Å². The molecule has 0 atom stereocenters. The lowest BCUT2D eigenvalue weighted by Crippen LogP contribution is -1.92. The second-order valence-corrected chi connectivity index (χ2v) is 12.1. The van der Waals surface area contributed by atoms with E-state index >= 15 is 0 Å². The maximum Gasteiger partial charge on any atom is 0.161 e. The standard InChI is InChI=1S/C44H27NO2/c1-3-13-28(14-4-1)33-21-10-23-36-40-32(20-12-26-39(40)46-42(33)36)29-15-9-16-30(27-29)34-22-11-24-37-41-44(47-43(34)37)35-19-7-8-25-38(35)45(41)31-17-5-2-6-18-31/h1-27H. The molecular formula is C44H27NO2. The monoisotopic (exact) mass is 601 g/mol. The number of furan rings is 2. The quantitative estimate of drug-likeness (QED) is 0.201. The van der Waals surface area contributed by atoms with Crippen LogP contribution in [0.3, 0.4) is 0 Å². The Morgan fingerprint density at radius 2 is 0.957 bits per heavy atom. The number of fused-ring (bicyclic) bond motifs is 8. The van der Waals surface area contributed by atoms with Gasteiger partial charge in [-0.2, -0.15) is 0 Å². The summed E-state index contributed by atoms with van der Waals surface area (Å²) in [4.78, 5) is 0. The zero-order chi connectivity index (χ0) is 30.9. The van der Waals surface area contributed by atoms with Crippen LogP contribution in [-0.4, -0.2) is 4.57 Å². The lowest BCUT2D eigenvalue weighted by atomic mass is 9.94. The largest absolute Gasteiger partial charge is 0.455 e. The van der Waals surface area contributed by atoms with Crippen molar-refractivity contribution in [3.8, 4) is 39.1 Å². The third-order valence-corrected chi connectivity index (χ3v) is 9.41. The minimum atomic E-state index is 0.885. The van der Waals surface area contributed by atoms with Crippen molar-refractivity contribution < 1.29 is 8.83 Å². The smallest absolute Gasteiger partial charge is 0.161 e. The summed E-state index contributed by atoms with van der Waals surface area (Å²) in [7, 11) is 0. The van der Waals surface area contributed by atoms with E-state index in [0.29, 0.717) is 0 Å². The van der Waals surface area contributed by atoms with Crippen LogP contribution in [0, 0.1) is 0 Å². The highest BCUT2D eigenvalue weighted by atomic mass is 16.3. The van der Waals surface area contributed by atoms with E-state index in [1.807, 2.05) is 6.07 Å². The third-order valence-electron chi connectivity index (χ3n) is 9.41. The molecule has 220 valence electrons. The number of hydrogen-bond acceptors (Lipinski definition) is 2. The fraction of sp³-hybridized carbons (Fsp3) is 0. The summed E-state index contributed by atoms with van der Waals surface area (Å²) in [6, 6.07) is 57.5. The van der Waals surface area contributed by atoms with E-state index in [1.54, 1.807) is 0 Å². The van der Waals surface area contributed by atoms with Crippen molar-refractivity contribution >= 4 is 54.9 Å². The normalized spacial score (nSPS) is 11.8. The predicted octanol–water partition coefficient (Wildman–Crippen LogP) is 12.4. The zero-order valence-corrected chi connectivity index (χ0v) is 25.4. The van der Waals surface area contributed by atoms with Crippen LogP contribution in [-0.2, 0) is 0 Å². The molecule has 7 aromatic carbocycles. The molecule has 0 aliphatic rings. The molecule has 0 aliphatic heterocycles. The molecule has 0 fully saturated rings. The molecule has 10 aromatic rings. The first-order valence-corrected chi connectivity index (χ1v) is 15.9. The molecule has 0 aliphatic carbocycles. The molecule has 10 rings (SSSR count). The molecule has 3 heteroatoms. The molecule has 0 saturated heterocycles. The summed E-state index contributed by atoms with van der Waals surface area (Å²) >= 11 is 0. The highest BCUT2D eigenvalue weighted by molar-refractivity contribution is 6.19. The van der Waals surface area contributed by atoms with Crippen LogP contribution in [0.15, 0.2) is 173 Å². The number of nitrogens with zero attached hydrogens (tertiary/aromatic N) is 1. The van der Waals surface area contributed by atoms with Gasteiger partial charge in [0.2, 0.25) is 0 Å². The van der Waals surface area contributed by atoms with Crippen molar-refractivity contribution in [1.82, 2.24) is 4.57 Å². The molecule has 3 nitrogen and oxygen atoms in total. The van der Waals surface area contributed by atoms with Crippen molar-refractivity contribution in [2.24, 2.45) is 0 Å². The number of para-hydroxylation sites is 4. The summed E-state index contributed by atoms with van der Waals surface area (Å²) < 4.78 is 15.7. The van der Waals surface area contributed by atoms with Crippen LogP contribution in [0.25, 0.3) is 94.0 Å². The minimum absolute atomic E-state index is 0.885. The van der Waals surface area contributed by atoms with Crippen LogP contribution in [0.4, 0.5) is 0 Å². The SMILES string of the molecule is c1ccc(-c2cccc3c2oc2cccc(-c4cccc(-c5cccc6c5oc5c7ccccc7n(-c7ccccc7)c65)c4)c23)cc1. The number of aromatic nitrogens is 1. The van der Waals surface area contributed by atoms with Crippen LogP contribution < -0.4 is 0 Å². The van der Waals surface area contributed by atoms with E-state index in [-0.39, 0.29) is 0 Å². The average Bonchev–Trinajstić information content (AvgIpc) is 3.81. The number of rotatable bonds is 4. The maximum absolute atomic E-state index is 6.83. The zero-order valence-electron chi connectivity index (χ0n) is 25.4. The van der Waals surface area contributed by atoms with Crippen LogP contribution in [0.5, 0.6) is 0 Å². The molecule has 3 heterocycles. The Morgan fingerprint density at radius 3 is 1.79 bits per heavy atom. The van der Waals surface area contributed by atoms with E-state index in [2.05, 4.69) is 162 Å². The summed E-state index contributed by atoms with van der Waals surface area (Å²) in [5.74, 6) is 0. The van der Waals surface area contributed by atoms with E-state index in [4.69, 9.17) is 8.83 Å². The average molecular weight is 602 g/mol. The first-order valence-electron chi connectivity index (χ1n) is 15.9. The van der Waals surface area contributed by atoms with Gasteiger partial charge in [-0.15, -0.1) is 0 Å². The van der Waals surface area contributed by atoms with Gasteiger partial charge in [0.15, 0.2) is 5.58 Å². The maximum atomic E-state index is 6.83. The van der Waals surface area contributed by atoms with Gasteiger partial charge in [0.1, 0.15) is 22.3 Å². The Kier molecular flexibility index (Phi) is 5.57. The van der Waals surface area contributed by atoms with Gasteiger partial charge in [0.25, 0.3) is 0 Å². The molecule has 0 radical (unpaired) electrons. The van der Waals surface area contributed by atoms with Gasteiger partial charge in [0.05, 0.1) is 5.52 Å². The van der Waals surface area contributed by atoms with E-state index in [9.17, 15) is 0 Å². The van der Waals surface area contributed by atoms with Crippen molar-refractivity contribution in [2.75, 3.05) is 0 Å². The van der Waals surface area contributed by atoms with E-state index in [0.717, 1.165) is 94.0 Å². The number of hydrogen-bond donors (Lipinski definition) is 0. The van der Waals surface area contributed by atoms with Crippen molar-refractivity contribution in [3.63, 3.8) is 0 Å². The molecule has 47 heavy (non-hydrogen) atoms. The number of benzene rings is 7. The molecule has 3 aromatic heterocycles. The summed E-state index contributed by atoms with van der Waals surface area (Å²) in [6.07, 6.45) is 0. The highest BCUT2D eigenvalue weighted by Gasteiger charge is 2.22. The Hall–Kier alpha value is -6.32. The van der Waals surface area contributed by atoms with Gasteiger partial charge >= 0.3 is 0 Å². The molecule has 0 saturated carbocycles. The van der Waals surface area contributed by atoms with Gasteiger partial charge < -0.3 is 13.4 Å². The van der Waals surface area contributed by atoms with Gasteiger partial charge in [-0.25, -0.2) is 0 Å². The van der Waals surface area contributed by atoms with E-state index < -0.39 is 0 Å². The van der Waals surface area contributed by atoms with Gasteiger partial charge in [-0.3, -0.25) is 0 Å². The summed E-state index contributed by atoms with van der Waals surface area (Å²) in [5, 5.41) is 4.45. The predicted molar refractivity (Wildman–Crippen MR) is 194 cm³/mol. The highest BCUT2D eigenvalue weighted by Crippen LogP contribution is 2.44. The molecule has 0 amide bonds. The second-order valence-electron chi connectivity index (χ2n) is 12.1. The van der Waals surface area contributed by atoms with Crippen molar-refractivity contribution in [1.29, 1.82) is 0 Å². The summed E-state index contributed by atoms with van der Waals surface area (Å²) in [5.41, 5.74) is 13.6. The second kappa shape index (κ2) is 10.1. The lowest BCUT2D eigenvalue weighted by Gasteiger charge is -2.09. The van der Waals surface area contributed by atoms with Crippen molar-refractivity contribution in [3.05, 3.63) is 164 Å². The van der Waals surface area contributed by atoms with Gasteiger partial charge in [-0.05, 0) is 64.7 Å². The Balaban J connectivity index is 1.18. The fourth-order valence-corrected chi connectivity index (χ4v) is 7.35. The van der Waals surface area contributed by atoms with Gasteiger partial charge in [-0.1, -0.05) is 121 Å². The Bertz CT molecular complexity index is 2780. The molecule has 0 N–H and O–H groups in total. The Morgan fingerprint density at radius 1 is 0.383 bits per heavy atom. The molecule has 0 unspecified atom stereocenters. The fourth-order valence-electron chi connectivity index (χ4n) is 7.35. The summed E-state index contributed by atoms with van der Waals surface area (Å²) in [6.45, 7) is 0. The first-order chi connectivity index (χ1) is 23.3. The molecule has 0 bridgehead atoms. The topological polar surface area (TPSA) is 31.2 Å². The molecule has 0 spiro atoms. The van der Waals surface area contributed by atoms with Crippen LogP contribution in [0.1, 0.15) is 0 Å². The Labute approximate surface area is 270 Å². The van der Waals surface area contributed by atoms with E-state index in [1.165, 1.54) is 0 Å². The van der Waals surface area contributed by atoms with Gasteiger partial charge in [0, 0.05) is 38.4 Å². The minimum Gasteiger partial charge on any atom is -0.455 e. The lowest BCUT2D eigenvalue weighted by molar-refractivity contribution is 0.670. The molecular weight excluding hydrogens is 574 g/mol.